The van der Waals surface area contributed by atoms with Crippen LogP contribution >= 0.6 is 0 Å². The molecule has 1 heterocycles. The van der Waals surface area contributed by atoms with E-state index in [0.29, 0.717) is 60.1 Å². The third-order valence-electron chi connectivity index (χ3n) is 6.95. The highest BCUT2D eigenvalue weighted by atomic mass is 28.5. The first-order chi connectivity index (χ1) is 23.3. The summed E-state index contributed by atoms with van der Waals surface area (Å²) >= 11 is 0. The van der Waals surface area contributed by atoms with Crippen LogP contribution in [0.15, 0.2) is 48.5 Å². The first-order valence-corrected chi connectivity index (χ1v) is 26.0. The average molecular weight is 727 g/mol. The summed E-state index contributed by atoms with van der Waals surface area (Å²) in [7, 11) is -5.36. The van der Waals surface area contributed by atoms with Crippen LogP contribution in [0.3, 0.4) is 0 Å². The minimum Gasteiger partial charge on any atom is -0.462 e. The van der Waals surface area contributed by atoms with Gasteiger partial charge in [0.05, 0.1) is 24.3 Å². The van der Waals surface area contributed by atoms with Crippen molar-refractivity contribution in [2.24, 2.45) is 0 Å². The predicted octanol–water partition coefficient (Wildman–Crippen LogP) is 8.00. The molecule has 0 aliphatic rings. The van der Waals surface area contributed by atoms with Crippen molar-refractivity contribution in [3.05, 3.63) is 59.7 Å². The van der Waals surface area contributed by atoms with Gasteiger partial charge in [-0.2, -0.15) is 15.0 Å². The van der Waals surface area contributed by atoms with Gasteiger partial charge in [-0.05, 0) is 113 Å². The maximum absolute atomic E-state index is 12.3. The number of unbranched alkanes of at least 4 members (excludes halogenated alkanes) is 2. The van der Waals surface area contributed by atoms with Gasteiger partial charge in [0.15, 0.2) is 17.4 Å². The lowest BCUT2D eigenvalue weighted by Crippen LogP contribution is -2.49. The Balaban J connectivity index is 1.76. The molecule has 1 atom stereocenters. The van der Waals surface area contributed by atoms with Gasteiger partial charge in [-0.3, -0.25) is 0 Å². The van der Waals surface area contributed by atoms with E-state index in [2.05, 4.69) is 70.2 Å². The van der Waals surface area contributed by atoms with Gasteiger partial charge in [-0.25, -0.2) is 9.59 Å². The smallest absolute Gasteiger partial charge is 0.338 e. The number of nitrogens with zero attached hydrogens (tertiary/aromatic N) is 3. The third kappa shape index (κ3) is 14.8. The van der Waals surface area contributed by atoms with Crippen molar-refractivity contribution >= 4 is 67.1 Å². The second-order valence-corrected chi connectivity index (χ2v) is 24.1. The van der Waals surface area contributed by atoms with Gasteiger partial charge in [-0.15, -0.1) is 0 Å². The molecular weight excluding hydrogens is 673 g/mol. The molecule has 12 nitrogen and oxygen atoms in total. The number of carbonyl (C=O) groups excluding carboxylic acids is 2. The Labute approximate surface area is 295 Å². The Kier molecular flexibility index (Phi) is 15.9. The van der Waals surface area contributed by atoms with Crippen LogP contribution in [0.4, 0.5) is 29.2 Å². The lowest BCUT2D eigenvalue weighted by molar-refractivity contribution is 0.0490. The fourth-order valence-electron chi connectivity index (χ4n) is 4.88. The summed E-state index contributed by atoms with van der Waals surface area (Å²) in [6.07, 6.45) is 4.40. The van der Waals surface area contributed by atoms with E-state index in [1.807, 2.05) is 13.8 Å². The van der Waals surface area contributed by atoms with E-state index in [4.69, 9.17) is 17.7 Å². The van der Waals surface area contributed by atoms with Crippen LogP contribution in [0.2, 0.25) is 45.3 Å². The highest BCUT2D eigenvalue weighted by molar-refractivity contribution is 6.84. The molecule has 0 radical (unpaired) electrons. The summed E-state index contributed by atoms with van der Waals surface area (Å²) in [4.78, 5) is 38.5. The van der Waals surface area contributed by atoms with Crippen molar-refractivity contribution in [2.45, 2.75) is 91.3 Å². The fourth-order valence-corrected chi connectivity index (χ4v) is 16.4. The van der Waals surface area contributed by atoms with Gasteiger partial charge < -0.3 is 33.7 Å². The highest BCUT2D eigenvalue weighted by Gasteiger charge is 2.36. The molecule has 3 rings (SSSR count). The highest BCUT2D eigenvalue weighted by Crippen LogP contribution is 2.24. The molecule has 1 aromatic heterocycles. The van der Waals surface area contributed by atoms with Crippen molar-refractivity contribution in [2.75, 3.05) is 35.7 Å². The Morgan fingerprint density at radius 2 is 1.14 bits per heavy atom. The van der Waals surface area contributed by atoms with Crippen LogP contribution in [-0.2, 0) is 17.7 Å². The lowest BCUT2D eigenvalue weighted by atomic mass is 10.2. The lowest BCUT2D eigenvalue weighted by Gasteiger charge is -2.35. The number of carbonyl (C=O) groups is 2. The minimum atomic E-state index is -2.32. The first kappa shape index (κ1) is 39.8. The molecule has 15 heteroatoms. The molecule has 0 aliphatic heterocycles. The summed E-state index contributed by atoms with van der Waals surface area (Å²) in [5.41, 5.74) is 2.33. The topological polar surface area (TPSA) is 146 Å². The second-order valence-electron chi connectivity index (χ2n) is 13.2. The van der Waals surface area contributed by atoms with E-state index >= 15 is 0 Å². The molecule has 0 amide bonds. The van der Waals surface area contributed by atoms with E-state index in [9.17, 15) is 9.59 Å². The Morgan fingerprint density at radius 1 is 0.694 bits per heavy atom. The fraction of sp³-hybridized carbons (Fsp3) is 0.500. The third-order valence-corrected chi connectivity index (χ3v) is 16.3. The van der Waals surface area contributed by atoms with E-state index in [-0.39, 0.29) is 11.9 Å². The Bertz CT molecular complexity index is 1390. The van der Waals surface area contributed by atoms with Gasteiger partial charge in [0.2, 0.25) is 17.8 Å². The van der Waals surface area contributed by atoms with Crippen molar-refractivity contribution in [3.8, 4) is 0 Å². The van der Waals surface area contributed by atoms with Crippen molar-refractivity contribution in [3.63, 3.8) is 0 Å². The van der Waals surface area contributed by atoms with Crippen LogP contribution in [0.5, 0.6) is 0 Å². The maximum atomic E-state index is 12.3. The molecule has 268 valence electrons. The van der Waals surface area contributed by atoms with E-state index in [1.54, 1.807) is 48.5 Å². The molecule has 0 aliphatic carbocycles. The van der Waals surface area contributed by atoms with Gasteiger partial charge in [0.25, 0.3) is 0 Å². The van der Waals surface area contributed by atoms with Crippen LogP contribution < -0.4 is 16.0 Å². The van der Waals surface area contributed by atoms with E-state index in [1.165, 1.54) is 0 Å². The van der Waals surface area contributed by atoms with E-state index in [0.717, 1.165) is 38.1 Å². The van der Waals surface area contributed by atoms with Crippen molar-refractivity contribution < 1.29 is 27.3 Å². The standard InChI is InChI=1S/C34H54N6O6Si3/c1-9-11-23-43-30(41)26-14-18-28(19-15-26)36-33-38-32(35-22-13-25-49(8,45-47(3)4)46-48(5,6)7)39-34(40-33)37-29-20-16-27(17-21-29)31(42)44-24-12-10-2/h14-21,47H,9-13,22-25H2,1-8H3,(H3,35,36,37,38,39,40). The van der Waals surface area contributed by atoms with Gasteiger partial charge in [0.1, 0.15) is 0 Å². The molecule has 2 aromatic carbocycles. The second kappa shape index (κ2) is 19.5. The number of hydrogen-bond acceptors (Lipinski definition) is 12. The number of esters is 2. The van der Waals surface area contributed by atoms with Crippen molar-refractivity contribution in [1.82, 2.24) is 15.0 Å². The summed E-state index contributed by atoms with van der Waals surface area (Å²) in [5, 5.41) is 9.79. The number of aromatic nitrogens is 3. The molecule has 0 bridgehead atoms. The molecule has 1 unspecified atom stereocenters. The molecule has 0 fully saturated rings. The Hall–Kier alpha value is -3.64. The van der Waals surface area contributed by atoms with Gasteiger partial charge >= 0.3 is 20.5 Å². The molecule has 0 saturated carbocycles. The van der Waals surface area contributed by atoms with Gasteiger partial charge in [-0.1, -0.05) is 26.7 Å². The zero-order valence-corrected chi connectivity index (χ0v) is 33.5. The predicted molar refractivity (Wildman–Crippen MR) is 204 cm³/mol. The normalized spacial score (nSPS) is 12.7. The van der Waals surface area contributed by atoms with Crippen LogP contribution in [0.1, 0.15) is 66.7 Å². The SMILES string of the molecule is CCCCOC(=O)c1ccc(Nc2nc(NCCC[Si](C)(O[SiH](C)C)O[Si](C)(C)C)nc(Nc3ccc(C(=O)OCCCC)cc3)n2)cc1. The van der Waals surface area contributed by atoms with Crippen LogP contribution in [-0.4, -0.2) is 72.6 Å². The number of benzene rings is 2. The quantitative estimate of drug-likeness (QED) is 0.0555. The number of rotatable bonds is 21. The molecule has 3 N–H and O–H groups in total. The van der Waals surface area contributed by atoms with Gasteiger partial charge in [0, 0.05) is 17.9 Å². The zero-order chi connectivity index (χ0) is 35.9. The number of ether oxygens (including phenoxy) is 2. The molecule has 0 saturated heterocycles. The maximum Gasteiger partial charge on any atom is 0.338 e. The van der Waals surface area contributed by atoms with Crippen LogP contribution in [0, 0.1) is 0 Å². The zero-order valence-electron chi connectivity index (χ0n) is 30.4. The van der Waals surface area contributed by atoms with E-state index < -0.39 is 25.9 Å². The summed E-state index contributed by atoms with van der Waals surface area (Å²) in [6.45, 7) is 18.7. The molecule has 49 heavy (non-hydrogen) atoms. The summed E-state index contributed by atoms with van der Waals surface area (Å²) in [5.74, 6) is 0.304. The number of nitrogens with one attached hydrogen (secondary N) is 3. The molecular formula is C34H54N6O6Si3. The van der Waals surface area contributed by atoms with Crippen molar-refractivity contribution in [1.29, 1.82) is 0 Å². The summed E-state index contributed by atoms with van der Waals surface area (Å²) in [6, 6.07) is 14.8. The summed E-state index contributed by atoms with van der Waals surface area (Å²) < 4.78 is 23.7. The average Bonchev–Trinajstić information content (AvgIpc) is 3.02. The molecule has 0 spiro atoms. The number of anilines is 5. The Morgan fingerprint density at radius 3 is 1.55 bits per heavy atom. The first-order valence-electron chi connectivity index (χ1n) is 17.3. The number of hydrogen-bond donors (Lipinski definition) is 3. The monoisotopic (exact) mass is 726 g/mol. The minimum absolute atomic E-state index is 0.310. The molecule has 3 aromatic rings. The van der Waals surface area contributed by atoms with Crippen LogP contribution in [0.25, 0.3) is 0 Å². The largest absolute Gasteiger partial charge is 0.462 e.